The number of nitrogens with one attached hydrogen (secondary N) is 2. The SMILES string of the molecule is CCc1cc(C#N)cc(C)c1C(=O)NC(Cc1ccc(-c2nnc(CNc3cc(C)ccn3)s2)cc1)C(=O)O. The summed E-state index contributed by atoms with van der Waals surface area (Å²) in [6.45, 7) is 6.15. The molecule has 0 bridgehead atoms. The Bertz CT molecular complexity index is 1540. The van der Waals surface area contributed by atoms with Gasteiger partial charge in [-0.05, 0) is 66.8 Å². The number of aliphatic carboxylic acids is 1. The molecule has 1 amide bonds. The van der Waals surface area contributed by atoms with Crippen LogP contribution < -0.4 is 10.6 Å². The summed E-state index contributed by atoms with van der Waals surface area (Å²) in [5, 5.41) is 35.0. The van der Waals surface area contributed by atoms with Gasteiger partial charge in [-0.1, -0.05) is 42.5 Å². The second kappa shape index (κ2) is 12.3. The largest absolute Gasteiger partial charge is 0.480 e. The lowest BCUT2D eigenvalue weighted by Crippen LogP contribution is -2.42. The number of anilines is 1. The Morgan fingerprint density at radius 1 is 1.10 bits per heavy atom. The first-order valence-corrected chi connectivity index (χ1v) is 13.2. The number of pyridine rings is 1. The number of carboxylic acids is 1. The second-order valence-electron chi connectivity index (χ2n) is 9.13. The molecule has 3 N–H and O–H groups in total. The van der Waals surface area contributed by atoms with E-state index in [1.165, 1.54) is 11.3 Å². The first-order valence-electron chi connectivity index (χ1n) is 12.4. The van der Waals surface area contributed by atoms with Crippen molar-refractivity contribution in [2.75, 3.05) is 5.32 Å². The van der Waals surface area contributed by atoms with Crippen LogP contribution in [0.1, 0.15) is 50.1 Å². The summed E-state index contributed by atoms with van der Waals surface area (Å²) in [5.74, 6) is -0.814. The molecule has 0 fully saturated rings. The number of hydrogen-bond donors (Lipinski definition) is 3. The molecule has 4 aromatic rings. The van der Waals surface area contributed by atoms with Crippen molar-refractivity contribution >= 4 is 29.0 Å². The zero-order valence-corrected chi connectivity index (χ0v) is 22.7. The molecule has 39 heavy (non-hydrogen) atoms. The van der Waals surface area contributed by atoms with Gasteiger partial charge in [0.15, 0.2) is 0 Å². The molecule has 2 heterocycles. The van der Waals surface area contributed by atoms with E-state index in [1.807, 2.05) is 50.2 Å². The number of nitriles is 1. The average molecular weight is 541 g/mol. The van der Waals surface area contributed by atoms with Crippen molar-refractivity contribution in [3.8, 4) is 16.6 Å². The first kappa shape index (κ1) is 27.4. The topological polar surface area (TPSA) is 141 Å². The van der Waals surface area contributed by atoms with Crippen LogP contribution >= 0.6 is 11.3 Å². The minimum Gasteiger partial charge on any atom is -0.480 e. The van der Waals surface area contributed by atoms with Crippen molar-refractivity contribution in [1.82, 2.24) is 20.5 Å². The minimum absolute atomic E-state index is 0.118. The fourth-order valence-electron chi connectivity index (χ4n) is 4.22. The number of benzene rings is 2. The van der Waals surface area contributed by atoms with Crippen LogP contribution in [0.2, 0.25) is 0 Å². The highest BCUT2D eigenvalue weighted by molar-refractivity contribution is 7.14. The third-order valence-electron chi connectivity index (χ3n) is 6.20. The number of carboxylic acid groups (broad SMARTS) is 1. The normalized spacial score (nSPS) is 11.4. The van der Waals surface area contributed by atoms with Crippen molar-refractivity contribution in [2.24, 2.45) is 0 Å². The Labute approximate surface area is 230 Å². The summed E-state index contributed by atoms with van der Waals surface area (Å²) in [5.41, 5.74) is 4.97. The molecule has 1 unspecified atom stereocenters. The number of carbonyl (C=O) groups is 2. The number of carbonyl (C=O) groups excluding carboxylic acids is 1. The Balaban J connectivity index is 1.42. The summed E-state index contributed by atoms with van der Waals surface area (Å²) < 4.78 is 0. The lowest BCUT2D eigenvalue weighted by Gasteiger charge is -2.18. The van der Waals surface area contributed by atoms with Gasteiger partial charge in [0.25, 0.3) is 5.91 Å². The number of aromatic nitrogens is 3. The molecule has 0 spiro atoms. The zero-order chi connectivity index (χ0) is 27.9. The molecule has 0 aliphatic rings. The van der Waals surface area contributed by atoms with E-state index < -0.39 is 17.9 Å². The van der Waals surface area contributed by atoms with Crippen LogP contribution in [0, 0.1) is 25.2 Å². The highest BCUT2D eigenvalue weighted by Crippen LogP contribution is 2.25. The lowest BCUT2D eigenvalue weighted by atomic mass is 9.95. The van der Waals surface area contributed by atoms with Gasteiger partial charge < -0.3 is 15.7 Å². The fraction of sp³-hybridized carbons (Fsp3) is 0.241. The van der Waals surface area contributed by atoms with E-state index in [1.54, 1.807) is 25.3 Å². The molecule has 0 saturated carbocycles. The van der Waals surface area contributed by atoms with Crippen LogP contribution in [0.3, 0.4) is 0 Å². The van der Waals surface area contributed by atoms with E-state index in [4.69, 9.17) is 0 Å². The number of rotatable bonds is 10. The number of aryl methyl sites for hydroxylation is 3. The van der Waals surface area contributed by atoms with Crippen molar-refractivity contribution in [1.29, 1.82) is 5.26 Å². The first-order chi connectivity index (χ1) is 18.8. The average Bonchev–Trinajstić information content (AvgIpc) is 3.40. The zero-order valence-electron chi connectivity index (χ0n) is 21.9. The van der Waals surface area contributed by atoms with Gasteiger partial charge in [-0.25, -0.2) is 9.78 Å². The Morgan fingerprint density at radius 2 is 1.87 bits per heavy atom. The molecule has 0 aliphatic carbocycles. The number of nitrogens with zero attached hydrogens (tertiary/aromatic N) is 4. The van der Waals surface area contributed by atoms with Gasteiger partial charge in [0.05, 0.1) is 18.2 Å². The summed E-state index contributed by atoms with van der Waals surface area (Å²) in [7, 11) is 0. The highest BCUT2D eigenvalue weighted by atomic mass is 32.1. The molecule has 0 aliphatic heterocycles. The molecular formula is C29H28N6O3S. The van der Waals surface area contributed by atoms with E-state index >= 15 is 0 Å². The van der Waals surface area contributed by atoms with E-state index in [9.17, 15) is 20.0 Å². The van der Waals surface area contributed by atoms with Crippen LogP contribution in [-0.2, 0) is 24.2 Å². The number of amides is 1. The maximum Gasteiger partial charge on any atom is 0.326 e. The van der Waals surface area contributed by atoms with E-state index in [2.05, 4.69) is 31.9 Å². The monoisotopic (exact) mass is 540 g/mol. The summed E-state index contributed by atoms with van der Waals surface area (Å²) >= 11 is 1.46. The van der Waals surface area contributed by atoms with Crippen molar-refractivity contribution in [2.45, 2.75) is 46.2 Å². The minimum atomic E-state index is -1.12. The molecule has 2 aromatic carbocycles. The molecule has 0 saturated heterocycles. The molecular weight excluding hydrogens is 512 g/mol. The Hall–Kier alpha value is -4.62. The standard InChI is InChI=1S/C29H28N6O3S/c1-4-21-13-20(15-30)12-18(3)26(21)27(36)33-23(29(37)38)14-19-5-7-22(8-6-19)28-35-34-25(39-28)16-32-24-11-17(2)9-10-31-24/h5-13,23H,4,14,16H2,1-3H3,(H,31,32)(H,33,36)(H,37,38). The van der Waals surface area contributed by atoms with Gasteiger partial charge in [0.1, 0.15) is 21.9 Å². The van der Waals surface area contributed by atoms with E-state index in [-0.39, 0.29) is 6.42 Å². The summed E-state index contributed by atoms with van der Waals surface area (Å²) in [6.07, 6.45) is 2.42. The van der Waals surface area contributed by atoms with Gasteiger partial charge in [-0.3, -0.25) is 4.79 Å². The molecule has 9 nitrogen and oxygen atoms in total. The van der Waals surface area contributed by atoms with Crippen molar-refractivity contribution in [3.05, 3.63) is 93.1 Å². The summed E-state index contributed by atoms with van der Waals surface area (Å²) in [6, 6.07) is 15.6. The predicted octanol–water partition coefficient (Wildman–Crippen LogP) is 4.69. The Morgan fingerprint density at radius 3 is 2.54 bits per heavy atom. The van der Waals surface area contributed by atoms with Gasteiger partial charge >= 0.3 is 5.97 Å². The van der Waals surface area contributed by atoms with Crippen molar-refractivity contribution in [3.63, 3.8) is 0 Å². The van der Waals surface area contributed by atoms with Crippen molar-refractivity contribution < 1.29 is 14.7 Å². The number of hydrogen-bond acceptors (Lipinski definition) is 8. The molecule has 10 heteroatoms. The maximum absolute atomic E-state index is 13.1. The van der Waals surface area contributed by atoms with Crippen LogP contribution in [0.25, 0.3) is 10.6 Å². The summed E-state index contributed by atoms with van der Waals surface area (Å²) in [4.78, 5) is 29.4. The van der Waals surface area contributed by atoms with Crippen LogP contribution in [0.5, 0.6) is 0 Å². The van der Waals surface area contributed by atoms with Crippen LogP contribution in [0.4, 0.5) is 5.82 Å². The fourth-order valence-corrected chi connectivity index (χ4v) is 5.00. The van der Waals surface area contributed by atoms with Crippen LogP contribution in [-0.4, -0.2) is 38.2 Å². The smallest absolute Gasteiger partial charge is 0.326 e. The molecule has 2 aromatic heterocycles. The molecule has 0 radical (unpaired) electrons. The lowest BCUT2D eigenvalue weighted by molar-refractivity contribution is -0.139. The third kappa shape index (κ3) is 6.83. The molecule has 4 rings (SSSR count). The van der Waals surface area contributed by atoms with Crippen LogP contribution in [0.15, 0.2) is 54.7 Å². The van der Waals surface area contributed by atoms with E-state index in [0.29, 0.717) is 35.2 Å². The highest BCUT2D eigenvalue weighted by Gasteiger charge is 2.24. The Kier molecular flexibility index (Phi) is 8.63. The van der Waals surface area contributed by atoms with Gasteiger partial charge in [0, 0.05) is 23.7 Å². The van der Waals surface area contributed by atoms with E-state index in [0.717, 1.165) is 32.5 Å². The maximum atomic E-state index is 13.1. The van der Waals surface area contributed by atoms with Gasteiger partial charge in [-0.15, -0.1) is 10.2 Å². The molecule has 1 atom stereocenters. The third-order valence-corrected chi connectivity index (χ3v) is 7.17. The van der Waals surface area contributed by atoms with Gasteiger partial charge in [-0.2, -0.15) is 5.26 Å². The quantitative estimate of drug-likeness (QED) is 0.263. The molecule has 198 valence electrons. The predicted molar refractivity (Wildman–Crippen MR) is 150 cm³/mol. The van der Waals surface area contributed by atoms with Gasteiger partial charge in [0.2, 0.25) is 0 Å². The second-order valence-corrected chi connectivity index (χ2v) is 10.2.